The maximum Gasteiger partial charge on any atom is 0.0238 e. The Labute approximate surface area is 120 Å². The fraction of sp³-hybridized carbons (Fsp3) is 1.00. The van der Waals surface area contributed by atoms with E-state index >= 15 is 0 Å². The van der Waals surface area contributed by atoms with E-state index in [9.17, 15) is 0 Å². The molecular formula is C17H36N2. The Morgan fingerprint density at radius 3 is 2.16 bits per heavy atom. The predicted molar refractivity (Wildman–Crippen MR) is 84.8 cm³/mol. The highest BCUT2D eigenvalue weighted by atomic mass is 15.2. The minimum absolute atomic E-state index is 0.574. The maximum absolute atomic E-state index is 5.74. The van der Waals surface area contributed by atoms with Crippen LogP contribution in [0.2, 0.25) is 0 Å². The molecule has 1 rings (SSSR count). The van der Waals surface area contributed by atoms with Crippen LogP contribution in [0.15, 0.2) is 0 Å². The van der Waals surface area contributed by atoms with E-state index in [1.54, 1.807) is 0 Å². The standard InChI is InChI=1S/C17H36N2/c1-3-4-5-6-7-8-9-10-11-17(19-18)16-13-12-15(2)14-16/h15-17,19H,3-14,18H2,1-2H3. The monoisotopic (exact) mass is 268 g/mol. The van der Waals surface area contributed by atoms with E-state index < -0.39 is 0 Å². The summed E-state index contributed by atoms with van der Waals surface area (Å²) in [6, 6.07) is 0.574. The first-order chi connectivity index (χ1) is 9.27. The van der Waals surface area contributed by atoms with Gasteiger partial charge in [0.1, 0.15) is 0 Å². The summed E-state index contributed by atoms with van der Waals surface area (Å²) in [5, 5.41) is 0. The third-order valence-corrected chi connectivity index (χ3v) is 4.89. The van der Waals surface area contributed by atoms with Crippen LogP contribution < -0.4 is 11.3 Å². The van der Waals surface area contributed by atoms with Gasteiger partial charge in [0.05, 0.1) is 0 Å². The van der Waals surface area contributed by atoms with Crippen LogP contribution >= 0.6 is 0 Å². The molecule has 3 N–H and O–H groups in total. The Morgan fingerprint density at radius 2 is 1.63 bits per heavy atom. The van der Waals surface area contributed by atoms with E-state index in [0.29, 0.717) is 6.04 Å². The number of hydrogen-bond donors (Lipinski definition) is 2. The zero-order chi connectivity index (χ0) is 13.9. The largest absolute Gasteiger partial charge is 0.271 e. The third-order valence-electron chi connectivity index (χ3n) is 4.89. The molecule has 2 heteroatoms. The number of nitrogens with two attached hydrogens (primary N) is 1. The first-order valence-electron chi connectivity index (χ1n) is 8.74. The van der Waals surface area contributed by atoms with Crippen LogP contribution in [0, 0.1) is 11.8 Å². The van der Waals surface area contributed by atoms with Gasteiger partial charge >= 0.3 is 0 Å². The zero-order valence-corrected chi connectivity index (χ0v) is 13.3. The molecule has 114 valence electrons. The molecule has 0 aliphatic heterocycles. The molecule has 3 atom stereocenters. The van der Waals surface area contributed by atoms with E-state index in [2.05, 4.69) is 19.3 Å². The molecular weight excluding hydrogens is 232 g/mol. The molecule has 0 amide bonds. The molecule has 1 aliphatic carbocycles. The van der Waals surface area contributed by atoms with Crippen molar-refractivity contribution in [1.29, 1.82) is 0 Å². The third kappa shape index (κ3) is 7.31. The van der Waals surface area contributed by atoms with Gasteiger partial charge in [0.15, 0.2) is 0 Å². The molecule has 3 unspecified atom stereocenters. The van der Waals surface area contributed by atoms with Crippen molar-refractivity contribution in [1.82, 2.24) is 5.43 Å². The average molecular weight is 268 g/mol. The number of rotatable bonds is 11. The van der Waals surface area contributed by atoms with Crippen molar-refractivity contribution >= 4 is 0 Å². The van der Waals surface area contributed by atoms with E-state index in [1.807, 2.05) is 0 Å². The summed E-state index contributed by atoms with van der Waals surface area (Å²) in [4.78, 5) is 0. The van der Waals surface area contributed by atoms with Crippen molar-refractivity contribution in [2.75, 3.05) is 0 Å². The first-order valence-corrected chi connectivity index (χ1v) is 8.74. The van der Waals surface area contributed by atoms with Gasteiger partial charge in [-0.05, 0) is 31.1 Å². The van der Waals surface area contributed by atoms with Crippen LogP contribution in [-0.4, -0.2) is 6.04 Å². The molecule has 1 aliphatic rings. The van der Waals surface area contributed by atoms with Crippen LogP contribution in [0.25, 0.3) is 0 Å². The minimum atomic E-state index is 0.574. The van der Waals surface area contributed by atoms with Gasteiger partial charge in [-0.1, -0.05) is 71.6 Å². The van der Waals surface area contributed by atoms with Crippen molar-refractivity contribution in [3.8, 4) is 0 Å². The summed E-state index contributed by atoms with van der Waals surface area (Å²) in [7, 11) is 0. The van der Waals surface area contributed by atoms with Gasteiger partial charge in [0.25, 0.3) is 0 Å². The van der Waals surface area contributed by atoms with Crippen molar-refractivity contribution < 1.29 is 0 Å². The lowest BCUT2D eigenvalue weighted by atomic mass is 9.92. The Hall–Kier alpha value is -0.0800. The Kier molecular flexibility index (Phi) is 9.54. The normalized spacial score (nSPS) is 24.8. The summed E-state index contributed by atoms with van der Waals surface area (Å²) < 4.78 is 0. The smallest absolute Gasteiger partial charge is 0.0238 e. The maximum atomic E-state index is 5.74. The fourth-order valence-corrected chi connectivity index (χ4v) is 3.57. The number of unbranched alkanes of at least 4 members (excludes halogenated alkanes) is 7. The second-order valence-corrected chi connectivity index (χ2v) is 6.72. The van der Waals surface area contributed by atoms with Crippen LogP contribution in [0.5, 0.6) is 0 Å². The van der Waals surface area contributed by atoms with Gasteiger partial charge < -0.3 is 0 Å². The minimum Gasteiger partial charge on any atom is -0.271 e. The summed E-state index contributed by atoms with van der Waals surface area (Å²) >= 11 is 0. The number of hydrazine groups is 1. The molecule has 0 aromatic carbocycles. The van der Waals surface area contributed by atoms with E-state index in [1.165, 1.54) is 77.0 Å². The lowest BCUT2D eigenvalue weighted by Gasteiger charge is -2.22. The summed E-state index contributed by atoms with van der Waals surface area (Å²) in [6.07, 6.45) is 16.7. The van der Waals surface area contributed by atoms with Gasteiger partial charge in [0.2, 0.25) is 0 Å². The number of hydrogen-bond acceptors (Lipinski definition) is 2. The van der Waals surface area contributed by atoms with Crippen LogP contribution in [0.4, 0.5) is 0 Å². The van der Waals surface area contributed by atoms with E-state index in [0.717, 1.165) is 11.8 Å². The Morgan fingerprint density at radius 1 is 1.00 bits per heavy atom. The molecule has 0 saturated heterocycles. The second-order valence-electron chi connectivity index (χ2n) is 6.72. The van der Waals surface area contributed by atoms with Gasteiger partial charge in [-0.2, -0.15) is 0 Å². The van der Waals surface area contributed by atoms with Crippen molar-refractivity contribution in [2.24, 2.45) is 17.7 Å². The molecule has 2 nitrogen and oxygen atoms in total. The first kappa shape index (κ1) is 17.0. The Balaban J connectivity index is 1.97. The molecule has 0 spiro atoms. The summed E-state index contributed by atoms with van der Waals surface area (Å²) in [6.45, 7) is 4.66. The van der Waals surface area contributed by atoms with Crippen LogP contribution in [-0.2, 0) is 0 Å². The predicted octanol–water partition coefficient (Wildman–Crippen LogP) is 4.79. The lowest BCUT2D eigenvalue weighted by molar-refractivity contribution is 0.327. The van der Waals surface area contributed by atoms with Gasteiger partial charge in [-0.25, -0.2) is 0 Å². The van der Waals surface area contributed by atoms with Crippen molar-refractivity contribution in [2.45, 2.75) is 96.9 Å². The molecule has 0 aromatic rings. The van der Waals surface area contributed by atoms with E-state index in [4.69, 9.17) is 5.84 Å². The van der Waals surface area contributed by atoms with Gasteiger partial charge in [0, 0.05) is 6.04 Å². The Bertz CT molecular complexity index is 205. The topological polar surface area (TPSA) is 38.0 Å². The molecule has 0 radical (unpaired) electrons. The van der Waals surface area contributed by atoms with E-state index in [-0.39, 0.29) is 0 Å². The average Bonchev–Trinajstić information content (AvgIpc) is 2.83. The van der Waals surface area contributed by atoms with Crippen molar-refractivity contribution in [3.05, 3.63) is 0 Å². The molecule has 1 saturated carbocycles. The van der Waals surface area contributed by atoms with Crippen LogP contribution in [0.3, 0.4) is 0 Å². The highest BCUT2D eigenvalue weighted by Crippen LogP contribution is 2.33. The summed E-state index contributed by atoms with van der Waals surface area (Å²) in [5.41, 5.74) is 3.08. The van der Waals surface area contributed by atoms with Gasteiger partial charge in [-0.15, -0.1) is 0 Å². The van der Waals surface area contributed by atoms with Crippen LogP contribution in [0.1, 0.15) is 90.9 Å². The second kappa shape index (κ2) is 10.7. The molecule has 19 heavy (non-hydrogen) atoms. The highest BCUT2D eigenvalue weighted by Gasteiger charge is 2.27. The molecule has 0 aromatic heterocycles. The lowest BCUT2D eigenvalue weighted by Crippen LogP contribution is -2.40. The zero-order valence-electron chi connectivity index (χ0n) is 13.3. The quantitative estimate of drug-likeness (QED) is 0.321. The van der Waals surface area contributed by atoms with Gasteiger partial charge in [-0.3, -0.25) is 11.3 Å². The van der Waals surface area contributed by atoms with Crippen molar-refractivity contribution in [3.63, 3.8) is 0 Å². The fourth-order valence-electron chi connectivity index (χ4n) is 3.57. The highest BCUT2D eigenvalue weighted by molar-refractivity contribution is 4.82. The molecule has 0 bridgehead atoms. The SMILES string of the molecule is CCCCCCCCCCC(NN)C1CCC(C)C1. The number of nitrogens with one attached hydrogen (secondary N) is 1. The summed E-state index contributed by atoms with van der Waals surface area (Å²) in [5.74, 6) is 7.50. The molecule has 1 fully saturated rings. The molecule has 0 heterocycles.